The molecule has 1 heterocycles. The van der Waals surface area contributed by atoms with Crippen LogP contribution in [0.15, 0.2) is 30.3 Å². The molecule has 5 heteroatoms. The zero-order valence-electron chi connectivity index (χ0n) is 12.0. The van der Waals surface area contributed by atoms with Crippen molar-refractivity contribution in [3.8, 4) is 0 Å². The summed E-state index contributed by atoms with van der Waals surface area (Å²) in [6, 6.07) is 9.43. The lowest BCUT2D eigenvalue weighted by Gasteiger charge is -2.39. The molecule has 0 bridgehead atoms. The highest BCUT2D eigenvalue weighted by Gasteiger charge is 2.34. The number of hydrogen-bond donors (Lipinski definition) is 3. The van der Waals surface area contributed by atoms with Gasteiger partial charge in [-0.15, -0.1) is 0 Å². The molecule has 1 amide bonds. The third-order valence-electron chi connectivity index (χ3n) is 3.69. The van der Waals surface area contributed by atoms with Crippen molar-refractivity contribution < 1.29 is 14.6 Å². The second kappa shape index (κ2) is 5.91. The minimum atomic E-state index is -0.791. The van der Waals surface area contributed by atoms with E-state index in [9.17, 15) is 9.90 Å². The third-order valence-corrected chi connectivity index (χ3v) is 3.69. The number of rotatable bonds is 6. The maximum Gasteiger partial charge on any atom is 0.246 e. The van der Waals surface area contributed by atoms with Gasteiger partial charge in [-0.1, -0.05) is 30.3 Å². The first-order valence-corrected chi connectivity index (χ1v) is 6.80. The van der Waals surface area contributed by atoms with Gasteiger partial charge in [-0.05, 0) is 19.4 Å². The highest BCUT2D eigenvalue weighted by molar-refractivity contribution is 5.78. The summed E-state index contributed by atoms with van der Waals surface area (Å²) >= 11 is 0. The predicted molar refractivity (Wildman–Crippen MR) is 76.2 cm³/mol. The molecule has 1 aliphatic rings. The summed E-state index contributed by atoms with van der Waals surface area (Å²) in [5.74, 6) is -0.224. The lowest BCUT2D eigenvalue weighted by molar-refractivity contribution is -0.138. The largest absolute Gasteiger partial charge is 0.394 e. The smallest absolute Gasteiger partial charge is 0.246 e. The average Bonchev–Trinajstić information content (AvgIpc) is 2.44. The second-order valence-electron chi connectivity index (χ2n) is 5.75. The number of carbonyl (C=O) groups excluding carboxylic acids is 1. The van der Waals surface area contributed by atoms with Crippen molar-refractivity contribution >= 4 is 5.91 Å². The van der Waals surface area contributed by atoms with Crippen LogP contribution in [0, 0.1) is 0 Å². The van der Waals surface area contributed by atoms with Crippen LogP contribution in [0.2, 0.25) is 0 Å². The monoisotopic (exact) mass is 278 g/mol. The first kappa shape index (κ1) is 15.0. The van der Waals surface area contributed by atoms with Crippen LogP contribution in [0.25, 0.3) is 0 Å². The summed E-state index contributed by atoms with van der Waals surface area (Å²) in [4.78, 5) is 12.0. The van der Waals surface area contributed by atoms with E-state index in [1.54, 1.807) is 6.92 Å². The Labute approximate surface area is 119 Å². The second-order valence-corrected chi connectivity index (χ2v) is 5.75. The topological polar surface area (TPSA) is 70.6 Å². The van der Waals surface area contributed by atoms with Crippen LogP contribution in [0.3, 0.4) is 0 Å². The number of aliphatic hydroxyl groups excluding tert-OH is 1. The zero-order valence-corrected chi connectivity index (χ0v) is 12.0. The number of benzene rings is 1. The molecule has 1 aromatic carbocycles. The molecule has 20 heavy (non-hydrogen) atoms. The first-order valence-electron chi connectivity index (χ1n) is 6.80. The highest BCUT2D eigenvalue weighted by atomic mass is 16.5. The van der Waals surface area contributed by atoms with Gasteiger partial charge in [0.1, 0.15) is 6.61 Å². The fourth-order valence-electron chi connectivity index (χ4n) is 2.17. The number of aliphatic hydroxyl groups is 1. The minimum absolute atomic E-state index is 0.000599. The normalized spacial score (nSPS) is 19.8. The standard InChI is InChI=1S/C15H22N2O3/c1-14(9-16-10-14)20-8-13(19)17-15(2,11-18)12-6-4-3-5-7-12/h3-7,16,18H,8-11H2,1-2H3,(H,17,19). The number of ether oxygens (including phenoxy) is 1. The van der Waals surface area contributed by atoms with Crippen LogP contribution in [0.1, 0.15) is 19.4 Å². The van der Waals surface area contributed by atoms with Crippen molar-refractivity contribution in [3.05, 3.63) is 35.9 Å². The molecule has 0 saturated carbocycles. The van der Waals surface area contributed by atoms with E-state index in [2.05, 4.69) is 10.6 Å². The third kappa shape index (κ3) is 3.36. The molecule has 1 saturated heterocycles. The summed E-state index contributed by atoms with van der Waals surface area (Å²) < 4.78 is 5.60. The Morgan fingerprint density at radius 2 is 2.10 bits per heavy atom. The molecular formula is C15H22N2O3. The van der Waals surface area contributed by atoms with Gasteiger partial charge in [0, 0.05) is 13.1 Å². The predicted octanol–water partition coefficient (Wildman–Crippen LogP) is 0.389. The van der Waals surface area contributed by atoms with Crippen molar-refractivity contribution in [2.75, 3.05) is 26.3 Å². The van der Waals surface area contributed by atoms with E-state index in [-0.39, 0.29) is 24.7 Å². The van der Waals surface area contributed by atoms with Crippen molar-refractivity contribution in [2.45, 2.75) is 25.0 Å². The van der Waals surface area contributed by atoms with Gasteiger partial charge in [0.25, 0.3) is 0 Å². The quantitative estimate of drug-likeness (QED) is 0.704. The molecule has 0 aliphatic carbocycles. The SMILES string of the molecule is CC1(OCC(=O)NC(C)(CO)c2ccccc2)CNC1. The fourth-order valence-corrected chi connectivity index (χ4v) is 2.17. The van der Waals surface area contributed by atoms with Crippen molar-refractivity contribution in [3.63, 3.8) is 0 Å². The molecular weight excluding hydrogens is 256 g/mol. The summed E-state index contributed by atoms with van der Waals surface area (Å²) in [5.41, 5.74) is -0.174. The van der Waals surface area contributed by atoms with Gasteiger partial charge < -0.3 is 20.5 Å². The lowest BCUT2D eigenvalue weighted by Crippen LogP contribution is -2.60. The minimum Gasteiger partial charge on any atom is -0.394 e. The molecule has 2 rings (SSSR count). The molecule has 1 aromatic rings. The van der Waals surface area contributed by atoms with Gasteiger partial charge in [-0.25, -0.2) is 0 Å². The van der Waals surface area contributed by atoms with E-state index in [0.717, 1.165) is 18.7 Å². The number of nitrogens with one attached hydrogen (secondary N) is 2. The molecule has 3 N–H and O–H groups in total. The summed E-state index contributed by atoms with van der Waals surface area (Å²) in [6.07, 6.45) is 0. The van der Waals surface area contributed by atoms with Gasteiger partial charge in [-0.2, -0.15) is 0 Å². The fraction of sp³-hybridized carbons (Fsp3) is 0.533. The van der Waals surface area contributed by atoms with Gasteiger partial charge >= 0.3 is 0 Å². The zero-order chi connectivity index (χ0) is 14.6. The first-order chi connectivity index (χ1) is 9.47. The molecule has 5 nitrogen and oxygen atoms in total. The summed E-state index contributed by atoms with van der Waals surface area (Å²) in [5, 5.41) is 15.6. The molecule has 1 unspecified atom stereocenters. The van der Waals surface area contributed by atoms with E-state index >= 15 is 0 Å². The van der Waals surface area contributed by atoms with Crippen LogP contribution in [-0.2, 0) is 15.1 Å². The molecule has 1 aliphatic heterocycles. The van der Waals surface area contributed by atoms with E-state index in [0.29, 0.717) is 0 Å². The van der Waals surface area contributed by atoms with Crippen LogP contribution < -0.4 is 10.6 Å². The van der Waals surface area contributed by atoms with Gasteiger partial charge in [0.05, 0.1) is 17.7 Å². The maximum atomic E-state index is 12.0. The van der Waals surface area contributed by atoms with Crippen LogP contribution in [0.5, 0.6) is 0 Å². The molecule has 0 spiro atoms. The van der Waals surface area contributed by atoms with Gasteiger partial charge in [0.2, 0.25) is 5.91 Å². The number of carbonyl (C=O) groups is 1. The summed E-state index contributed by atoms with van der Waals surface area (Å²) in [6.45, 7) is 5.13. The summed E-state index contributed by atoms with van der Waals surface area (Å²) in [7, 11) is 0. The van der Waals surface area contributed by atoms with Gasteiger partial charge in [0.15, 0.2) is 0 Å². The Morgan fingerprint density at radius 1 is 1.45 bits per heavy atom. The molecule has 110 valence electrons. The van der Waals surface area contributed by atoms with E-state index in [1.165, 1.54) is 0 Å². The number of hydrogen-bond acceptors (Lipinski definition) is 4. The maximum absolute atomic E-state index is 12.0. The van der Waals surface area contributed by atoms with Crippen molar-refractivity contribution in [2.24, 2.45) is 0 Å². The van der Waals surface area contributed by atoms with Crippen LogP contribution in [-0.4, -0.2) is 42.9 Å². The Hall–Kier alpha value is -1.43. The molecule has 1 fully saturated rings. The Morgan fingerprint density at radius 3 is 2.60 bits per heavy atom. The highest BCUT2D eigenvalue weighted by Crippen LogP contribution is 2.20. The van der Waals surface area contributed by atoms with Crippen LogP contribution >= 0.6 is 0 Å². The van der Waals surface area contributed by atoms with E-state index < -0.39 is 5.54 Å². The Bertz CT molecular complexity index is 459. The molecule has 0 aromatic heterocycles. The van der Waals surface area contributed by atoms with Crippen molar-refractivity contribution in [1.29, 1.82) is 0 Å². The lowest BCUT2D eigenvalue weighted by atomic mass is 9.93. The van der Waals surface area contributed by atoms with E-state index in [4.69, 9.17) is 4.74 Å². The number of amides is 1. The Balaban J connectivity index is 1.93. The van der Waals surface area contributed by atoms with E-state index in [1.807, 2.05) is 37.3 Å². The van der Waals surface area contributed by atoms with Gasteiger partial charge in [-0.3, -0.25) is 4.79 Å². The molecule has 0 radical (unpaired) electrons. The molecule has 1 atom stereocenters. The average molecular weight is 278 g/mol. The van der Waals surface area contributed by atoms with Crippen molar-refractivity contribution in [1.82, 2.24) is 10.6 Å². The van der Waals surface area contributed by atoms with Crippen LogP contribution in [0.4, 0.5) is 0 Å². The Kier molecular flexibility index (Phi) is 4.42.